The van der Waals surface area contributed by atoms with Gasteiger partial charge in [-0.2, -0.15) is 0 Å². The summed E-state index contributed by atoms with van der Waals surface area (Å²) in [5.41, 5.74) is 3.83. The average molecular weight is 504 g/mol. The summed E-state index contributed by atoms with van der Waals surface area (Å²) in [4.78, 5) is 26.4. The highest BCUT2D eigenvalue weighted by Crippen LogP contribution is 2.33. The molecule has 5 rings (SSSR count). The zero-order valence-electron chi connectivity index (χ0n) is 21.7. The highest BCUT2D eigenvalue weighted by atomic mass is 16.5. The number of benzene rings is 2. The van der Waals surface area contributed by atoms with E-state index in [9.17, 15) is 4.79 Å². The van der Waals surface area contributed by atoms with E-state index >= 15 is 0 Å². The Labute approximate surface area is 217 Å². The van der Waals surface area contributed by atoms with E-state index in [-0.39, 0.29) is 24.6 Å². The normalized spacial score (nSPS) is 20.6. The van der Waals surface area contributed by atoms with E-state index in [4.69, 9.17) is 14.2 Å². The largest absolute Gasteiger partial charge is 0.493 e. The van der Waals surface area contributed by atoms with Crippen molar-refractivity contribution in [3.05, 3.63) is 71.0 Å². The molecule has 3 heterocycles. The van der Waals surface area contributed by atoms with Gasteiger partial charge in [-0.15, -0.1) is 0 Å². The van der Waals surface area contributed by atoms with Gasteiger partial charge in [0, 0.05) is 31.0 Å². The van der Waals surface area contributed by atoms with Crippen LogP contribution in [0.1, 0.15) is 22.5 Å². The number of hydrogen-bond donors (Lipinski definition) is 1. The van der Waals surface area contributed by atoms with Crippen LogP contribution in [0.5, 0.6) is 17.2 Å². The van der Waals surface area contributed by atoms with Gasteiger partial charge in [-0.25, -0.2) is 9.97 Å². The molecule has 2 atom stereocenters. The van der Waals surface area contributed by atoms with Gasteiger partial charge in [-0.05, 0) is 62.4 Å². The van der Waals surface area contributed by atoms with E-state index in [1.807, 2.05) is 74.3 Å². The number of rotatable bonds is 2. The topological polar surface area (TPSA) is 89.0 Å². The first-order chi connectivity index (χ1) is 17.9. The van der Waals surface area contributed by atoms with E-state index in [1.54, 1.807) is 7.11 Å². The monoisotopic (exact) mass is 503 g/mol. The molecule has 0 radical (unpaired) electrons. The summed E-state index contributed by atoms with van der Waals surface area (Å²) in [6, 6.07) is 15.4. The number of carbonyl (C=O) groups is 1. The molecule has 1 aromatic heterocycles. The summed E-state index contributed by atoms with van der Waals surface area (Å²) < 4.78 is 18.1. The van der Waals surface area contributed by atoms with Crippen molar-refractivity contribution in [3.63, 3.8) is 0 Å². The van der Waals surface area contributed by atoms with Crippen LogP contribution < -0.4 is 19.7 Å². The number of ether oxygens (including phenoxy) is 3. The van der Waals surface area contributed by atoms with E-state index in [1.165, 1.54) is 0 Å². The van der Waals surface area contributed by atoms with Gasteiger partial charge in [0.15, 0.2) is 11.5 Å². The molecule has 1 amide bonds. The summed E-state index contributed by atoms with van der Waals surface area (Å²) in [6.07, 6.45) is -0.219. The van der Waals surface area contributed by atoms with Gasteiger partial charge in [-0.1, -0.05) is 18.2 Å². The van der Waals surface area contributed by atoms with Crippen LogP contribution in [0.25, 0.3) is 0 Å². The Hall–Kier alpha value is -3.69. The average Bonchev–Trinajstić information content (AvgIpc) is 3.24. The van der Waals surface area contributed by atoms with Gasteiger partial charge in [-0.3, -0.25) is 9.69 Å². The molecule has 1 N–H and O–H groups in total. The number of nitrogens with one attached hydrogen (secondary N) is 1. The quantitative estimate of drug-likeness (QED) is 0.570. The lowest BCUT2D eigenvalue weighted by Crippen LogP contribution is -2.47. The molecule has 194 valence electrons. The molecule has 9 heteroatoms. The Kier molecular flexibility index (Phi) is 7.25. The molecule has 4 bridgehead atoms. The van der Waals surface area contributed by atoms with Gasteiger partial charge >= 0.3 is 0 Å². The second-order valence-electron chi connectivity index (χ2n) is 9.79. The van der Waals surface area contributed by atoms with Crippen molar-refractivity contribution in [2.24, 2.45) is 0 Å². The Morgan fingerprint density at radius 2 is 1.81 bits per heavy atom. The molecule has 2 aliphatic heterocycles. The van der Waals surface area contributed by atoms with Crippen LogP contribution in [0.4, 0.5) is 5.95 Å². The molecule has 0 spiro atoms. The van der Waals surface area contributed by atoms with Crippen LogP contribution in [-0.4, -0.2) is 66.7 Å². The van der Waals surface area contributed by atoms with Crippen molar-refractivity contribution in [1.82, 2.24) is 20.2 Å². The Balaban J connectivity index is 1.43. The Morgan fingerprint density at radius 3 is 2.59 bits per heavy atom. The smallest absolute Gasteiger partial charge is 0.234 e. The molecule has 2 aromatic carbocycles. The van der Waals surface area contributed by atoms with E-state index in [2.05, 4.69) is 20.2 Å². The number of likely N-dealkylation sites (N-methyl/N-ethyl adjacent to an activating group) is 1. The van der Waals surface area contributed by atoms with Crippen molar-refractivity contribution in [2.45, 2.75) is 39.1 Å². The second-order valence-corrected chi connectivity index (χ2v) is 9.79. The molecule has 0 aliphatic carbocycles. The predicted molar refractivity (Wildman–Crippen MR) is 140 cm³/mol. The summed E-state index contributed by atoms with van der Waals surface area (Å²) in [5, 5.41) is 3.20. The molecule has 1 saturated heterocycles. The third-order valence-electron chi connectivity index (χ3n) is 6.55. The zero-order valence-corrected chi connectivity index (χ0v) is 21.7. The third kappa shape index (κ3) is 6.00. The lowest BCUT2D eigenvalue weighted by Gasteiger charge is -2.23. The van der Waals surface area contributed by atoms with Gasteiger partial charge in [0.25, 0.3) is 0 Å². The van der Waals surface area contributed by atoms with Gasteiger partial charge in [0.1, 0.15) is 5.75 Å². The van der Waals surface area contributed by atoms with Crippen molar-refractivity contribution in [3.8, 4) is 17.2 Å². The van der Waals surface area contributed by atoms with Crippen LogP contribution >= 0.6 is 0 Å². The zero-order chi connectivity index (χ0) is 25.9. The highest BCUT2D eigenvalue weighted by molar-refractivity contribution is 5.78. The van der Waals surface area contributed by atoms with E-state index < -0.39 is 0 Å². The van der Waals surface area contributed by atoms with Gasteiger partial charge in [0.2, 0.25) is 11.9 Å². The minimum Gasteiger partial charge on any atom is -0.493 e. The number of nitrogens with zero attached hydrogens (tertiary/aromatic N) is 4. The number of aromatic nitrogens is 2. The van der Waals surface area contributed by atoms with Crippen LogP contribution in [0, 0.1) is 13.8 Å². The summed E-state index contributed by atoms with van der Waals surface area (Å²) in [5.74, 6) is 2.59. The Bertz CT molecular complexity index is 1260. The summed E-state index contributed by atoms with van der Waals surface area (Å²) in [7, 11) is 3.55. The van der Waals surface area contributed by atoms with Crippen LogP contribution in [0.3, 0.4) is 0 Å². The number of anilines is 1. The lowest BCUT2D eigenvalue weighted by atomic mass is 10.1. The number of fused-ring (bicyclic) bond motifs is 5. The minimum atomic E-state index is -0.219. The molecular weight excluding hydrogens is 470 g/mol. The maximum Gasteiger partial charge on any atom is 0.234 e. The maximum absolute atomic E-state index is 13.0. The number of carbonyl (C=O) groups excluding carboxylic acids is 1. The predicted octanol–water partition coefficient (Wildman–Crippen LogP) is 3.23. The maximum atomic E-state index is 13.0. The van der Waals surface area contributed by atoms with Gasteiger partial charge in [0.05, 0.1) is 32.4 Å². The van der Waals surface area contributed by atoms with Gasteiger partial charge < -0.3 is 24.4 Å². The fraction of sp³-hybridized carbons (Fsp3) is 0.393. The van der Waals surface area contributed by atoms with Crippen molar-refractivity contribution in [1.29, 1.82) is 0 Å². The molecule has 1 fully saturated rings. The van der Waals surface area contributed by atoms with Crippen molar-refractivity contribution in [2.75, 3.05) is 38.7 Å². The molecule has 0 saturated carbocycles. The molecule has 0 unspecified atom stereocenters. The first-order valence-corrected chi connectivity index (χ1v) is 12.5. The summed E-state index contributed by atoms with van der Waals surface area (Å²) >= 11 is 0. The molecule has 3 aromatic rings. The number of aryl methyl sites for hydroxylation is 2. The Morgan fingerprint density at radius 1 is 1.00 bits per heavy atom. The first-order valence-electron chi connectivity index (χ1n) is 12.5. The van der Waals surface area contributed by atoms with E-state index in [0.29, 0.717) is 49.4 Å². The molecule has 9 nitrogen and oxygen atoms in total. The van der Waals surface area contributed by atoms with Crippen molar-refractivity contribution >= 4 is 11.9 Å². The highest BCUT2D eigenvalue weighted by Gasteiger charge is 2.36. The number of methoxy groups -OCH3 is 1. The third-order valence-corrected chi connectivity index (χ3v) is 6.55. The van der Waals surface area contributed by atoms with Crippen LogP contribution in [0.15, 0.2) is 48.5 Å². The van der Waals surface area contributed by atoms with E-state index in [0.717, 1.165) is 22.5 Å². The summed E-state index contributed by atoms with van der Waals surface area (Å²) in [6.45, 7) is 6.31. The fourth-order valence-electron chi connectivity index (χ4n) is 4.89. The van der Waals surface area contributed by atoms with Crippen LogP contribution in [0.2, 0.25) is 0 Å². The lowest BCUT2D eigenvalue weighted by molar-refractivity contribution is -0.123. The fourth-order valence-corrected chi connectivity index (χ4v) is 4.89. The van der Waals surface area contributed by atoms with Crippen LogP contribution in [-0.2, 0) is 22.7 Å². The minimum absolute atomic E-state index is 0.0524. The van der Waals surface area contributed by atoms with Crippen molar-refractivity contribution < 1.29 is 19.0 Å². The standard InChI is InChI=1S/C28H33N5O4/c1-18-10-19(2)30-28(29-18)33-14-23-26(15-33)36-17-21-6-5-7-22(11-21)37-25-12-20(8-9-24(25)35-4)13-32(3)16-27(34)31-23/h5-12,23,26H,13-17H2,1-4H3,(H,31,34)/t23-,26-/m0/s1. The molecular formula is C28H33N5O4. The first kappa shape index (κ1) is 25.0. The number of amides is 1. The molecule has 37 heavy (non-hydrogen) atoms. The second kappa shape index (κ2) is 10.7. The number of hydrogen-bond acceptors (Lipinski definition) is 8. The SMILES string of the molecule is COc1ccc2cc1Oc1cccc(c1)CO[C@H]1CN(c3nc(C)cc(C)n3)C[C@@H]1NC(=O)CN(C)C2. The molecule has 2 aliphatic rings.